The molecule has 6 nitrogen and oxygen atoms in total. The van der Waals surface area contributed by atoms with Crippen molar-refractivity contribution in [2.45, 2.75) is 27.3 Å². The van der Waals surface area contributed by atoms with Crippen LogP contribution in [0.1, 0.15) is 34.0 Å². The number of pyridine rings is 1. The van der Waals surface area contributed by atoms with Crippen molar-refractivity contribution >= 4 is 17.6 Å². The van der Waals surface area contributed by atoms with Crippen molar-refractivity contribution < 1.29 is 19.1 Å². The number of carbonyl (C=O) groups excluding carboxylic acids is 2. The molecule has 6 heteroatoms. The molecule has 0 aliphatic rings. The molecule has 1 aromatic heterocycles. The molecule has 2 aromatic carbocycles. The van der Waals surface area contributed by atoms with Crippen LogP contribution in [0, 0.1) is 13.8 Å². The molecule has 31 heavy (non-hydrogen) atoms. The van der Waals surface area contributed by atoms with Crippen molar-refractivity contribution in [2.24, 2.45) is 0 Å². The molecule has 3 rings (SSSR count). The summed E-state index contributed by atoms with van der Waals surface area (Å²) >= 11 is 0. The predicted octanol–water partition coefficient (Wildman–Crippen LogP) is 4.49. The largest absolute Gasteiger partial charge is 0.484 e. The third-order valence-corrected chi connectivity index (χ3v) is 4.92. The number of aryl methyl sites for hydroxylation is 2. The van der Waals surface area contributed by atoms with Crippen LogP contribution in [-0.4, -0.2) is 30.1 Å². The molecule has 0 saturated carbocycles. The Morgan fingerprint density at radius 3 is 2.29 bits per heavy atom. The van der Waals surface area contributed by atoms with Gasteiger partial charge in [0.05, 0.1) is 18.7 Å². The zero-order valence-corrected chi connectivity index (χ0v) is 18.0. The van der Waals surface area contributed by atoms with Crippen LogP contribution in [0.4, 0.5) is 5.69 Å². The summed E-state index contributed by atoms with van der Waals surface area (Å²) in [5.41, 5.74) is 4.31. The highest BCUT2D eigenvalue weighted by Crippen LogP contribution is 2.21. The van der Waals surface area contributed by atoms with Crippen molar-refractivity contribution in [3.63, 3.8) is 0 Å². The fraction of sp³-hybridized carbons (Fsp3) is 0.240. The lowest BCUT2D eigenvalue weighted by Crippen LogP contribution is -2.34. The van der Waals surface area contributed by atoms with Gasteiger partial charge in [0.1, 0.15) is 5.75 Å². The van der Waals surface area contributed by atoms with E-state index in [1.807, 2.05) is 44.2 Å². The Balaban J connectivity index is 1.79. The molecular weight excluding hydrogens is 392 g/mol. The minimum Gasteiger partial charge on any atom is -0.484 e. The molecule has 0 spiro atoms. The minimum atomic E-state index is -0.390. The summed E-state index contributed by atoms with van der Waals surface area (Å²) in [6.45, 7) is 6.36. The SMILES string of the molecule is CCOC(=O)c1ccc(N(Cc2ccncc2)C(=O)COc2ccc(C)c(C)c2)cc1. The van der Waals surface area contributed by atoms with E-state index in [4.69, 9.17) is 9.47 Å². The quantitative estimate of drug-likeness (QED) is 0.504. The summed E-state index contributed by atoms with van der Waals surface area (Å²) < 4.78 is 10.8. The molecule has 0 aliphatic heterocycles. The van der Waals surface area contributed by atoms with Gasteiger partial charge in [0.2, 0.25) is 0 Å². The Bertz CT molecular complexity index is 1030. The van der Waals surface area contributed by atoms with Crippen LogP contribution in [0.5, 0.6) is 5.75 Å². The van der Waals surface area contributed by atoms with E-state index in [0.717, 1.165) is 11.1 Å². The van der Waals surface area contributed by atoms with Gasteiger partial charge in [0.25, 0.3) is 5.91 Å². The van der Waals surface area contributed by atoms with Gasteiger partial charge < -0.3 is 14.4 Å². The second-order valence-corrected chi connectivity index (χ2v) is 7.14. The van der Waals surface area contributed by atoms with Crippen LogP contribution in [0.15, 0.2) is 67.0 Å². The number of ether oxygens (including phenoxy) is 2. The summed E-state index contributed by atoms with van der Waals surface area (Å²) in [5, 5.41) is 0. The number of amides is 1. The fourth-order valence-electron chi connectivity index (χ4n) is 3.01. The van der Waals surface area contributed by atoms with Gasteiger partial charge in [-0.05, 0) is 86.0 Å². The fourth-order valence-corrected chi connectivity index (χ4v) is 3.01. The Kier molecular flexibility index (Phi) is 7.38. The summed E-state index contributed by atoms with van der Waals surface area (Å²) in [6, 6.07) is 16.3. The molecule has 0 bridgehead atoms. The second-order valence-electron chi connectivity index (χ2n) is 7.14. The summed E-state index contributed by atoms with van der Waals surface area (Å²) in [5.74, 6) is 0.0658. The first-order chi connectivity index (χ1) is 15.0. The van der Waals surface area contributed by atoms with Crippen molar-refractivity contribution in [1.82, 2.24) is 4.98 Å². The van der Waals surface area contributed by atoms with E-state index in [-0.39, 0.29) is 18.5 Å². The van der Waals surface area contributed by atoms with Gasteiger partial charge in [0, 0.05) is 18.1 Å². The number of aromatic nitrogens is 1. The lowest BCUT2D eigenvalue weighted by Gasteiger charge is -2.23. The van der Waals surface area contributed by atoms with Gasteiger partial charge in [-0.1, -0.05) is 6.07 Å². The van der Waals surface area contributed by atoms with E-state index >= 15 is 0 Å². The normalized spacial score (nSPS) is 10.4. The van der Waals surface area contributed by atoms with Crippen LogP contribution < -0.4 is 9.64 Å². The van der Waals surface area contributed by atoms with Crippen LogP contribution in [0.2, 0.25) is 0 Å². The molecular formula is C25H26N2O4. The van der Waals surface area contributed by atoms with Crippen molar-refractivity contribution in [3.8, 4) is 5.75 Å². The number of benzene rings is 2. The van der Waals surface area contributed by atoms with E-state index in [2.05, 4.69) is 4.98 Å². The zero-order chi connectivity index (χ0) is 22.2. The number of rotatable bonds is 8. The number of esters is 1. The molecule has 160 valence electrons. The van der Waals surface area contributed by atoms with E-state index in [1.165, 1.54) is 5.56 Å². The van der Waals surface area contributed by atoms with E-state index in [9.17, 15) is 9.59 Å². The van der Waals surface area contributed by atoms with Crippen LogP contribution >= 0.6 is 0 Å². The van der Waals surface area contributed by atoms with Gasteiger partial charge in [-0.3, -0.25) is 9.78 Å². The average Bonchev–Trinajstić information content (AvgIpc) is 2.79. The van der Waals surface area contributed by atoms with E-state index in [0.29, 0.717) is 30.2 Å². The molecule has 0 unspecified atom stereocenters. The smallest absolute Gasteiger partial charge is 0.338 e. The first-order valence-electron chi connectivity index (χ1n) is 10.1. The van der Waals surface area contributed by atoms with Gasteiger partial charge >= 0.3 is 5.97 Å². The number of anilines is 1. The standard InChI is InChI=1S/C25H26N2O4/c1-4-30-25(29)21-6-8-22(9-7-21)27(16-20-11-13-26-14-12-20)24(28)17-31-23-10-5-18(2)19(3)15-23/h5-15H,4,16-17H2,1-3H3. The van der Waals surface area contributed by atoms with Crippen molar-refractivity contribution in [2.75, 3.05) is 18.1 Å². The van der Waals surface area contributed by atoms with E-state index < -0.39 is 0 Å². The average molecular weight is 418 g/mol. The number of hydrogen-bond acceptors (Lipinski definition) is 5. The molecule has 0 N–H and O–H groups in total. The Morgan fingerprint density at radius 2 is 1.65 bits per heavy atom. The maximum absolute atomic E-state index is 13.1. The Morgan fingerprint density at radius 1 is 0.935 bits per heavy atom. The highest BCUT2D eigenvalue weighted by molar-refractivity contribution is 5.95. The maximum atomic E-state index is 13.1. The maximum Gasteiger partial charge on any atom is 0.338 e. The summed E-state index contributed by atoms with van der Waals surface area (Å²) in [7, 11) is 0. The molecule has 1 heterocycles. The lowest BCUT2D eigenvalue weighted by molar-refractivity contribution is -0.120. The van der Waals surface area contributed by atoms with Gasteiger partial charge in [0.15, 0.2) is 6.61 Å². The summed E-state index contributed by atoms with van der Waals surface area (Å²) in [6.07, 6.45) is 3.38. The third kappa shape index (κ3) is 5.92. The molecule has 0 fully saturated rings. The molecule has 0 saturated heterocycles. The lowest BCUT2D eigenvalue weighted by atomic mass is 10.1. The molecule has 0 aliphatic carbocycles. The van der Waals surface area contributed by atoms with E-state index in [1.54, 1.807) is 48.5 Å². The molecule has 0 atom stereocenters. The second kappa shape index (κ2) is 10.4. The van der Waals surface area contributed by atoms with Gasteiger partial charge in [-0.2, -0.15) is 0 Å². The van der Waals surface area contributed by atoms with Crippen LogP contribution in [0.25, 0.3) is 0 Å². The van der Waals surface area contributed by atoms with Crippen molar-refractivity contribution in [3.05, 3.63) is 89.2 Å². The highest BCUT2D eigenvalue weighted by atomic mass is 16.5. The Hall–Kier alpha value is -3.67. The first kappa shape index (κ1) is 22.0. The first-order valence-corrected chi connectivity index (χ1v) is 10.1. The monoisotopic (exact) mass is 418 g/mol. The predicted molar refractivity (Wildman–Crippen MR) is 119 cm³/mol. The molecule has 0 radical (unpaired) electrons. The number of hydrogen-bond donors (Lipinski definition) is 0. The molecule has 3 aromatic rings. The zero-order valence-electron chi connectivity index (χ0n) is 18.0. The topological polar surface area (TPSA) is 68.7 Å². The number of nitrogens with zero attached hydrogens (tertiary/aromatic N) is 2. The minimum absolute atomic E-state index is 0.104. The summed E-state index contributed by atoms with van der Waals surface area (Å²) in [4.78, 5) is 30.7. The third-order valence-electron chi connectivity index (χ3n) is 4.92. The van der Waals surface area contributed by atoms with Crippen LogP contribution in [-0.2, 0) is 16.1 Å². The number of carbonyl (C=O) groups is 2. The Labute approximate surface area is 182 Å². The van der Waals surface area contributed by atoms with Crippen molar-refractivity contribution in [1.29, 1.82) is 0 Å². The van der Waals surface area contributed by atoms with Gasteiger partial charge in [-0.15, -0.1) is 0 Å². The molecule has 1 amide bonds. The van der Waals surface area contributed by atoms with Crippen LogP contribution in [0.3, 0.4) is 0 Å². The highest BCUT2D eigenvalue weighted by Gasteiger charge is 2.18. The van der Waals surface area contributed by atoms with Gasteiger partial charge in [-0.25, -0.2) is 4.79 Å².